The molecule has 0 bridgehead atoms. The van der Waals surface area contributed by atoms with Crippen LogP contribution in [0.25, 0.3) is 0 Å². The maximum absolute atomic E-state index is 11.0. The molecule has 0 aromatic carbocycles. The average Bonchev–Trinajstić information content (AvgIpc) is 2.50. The van der Waals surface area contributed by atoms with E-state index in [4.69, 9.17) is 16.7 Å². The molecule has 6 heteroatoms. The maximum Gasteiger partial charge on any atom is 0.327 e. The third kappa shape index (κ3) is 1.84. The molecular formula is C6H8ClNO3S. The first-order valence-electron chi connectivity index (χ1n) is 3.32. The third-order valence-electron chi connectivity index (χ3n) is 1.60. The zero-order valence-corrected chi connectivity index (χ0v) is 7.77. The van der Waals surface area contributed by atoms with Gasteiger partial charge < -0.3 is 10.0 Å². The van der Waals surface area contributed by atoms with Gasteiger partial charge in [0.1, 0.15) is 11.9 Å². The van der Waals surface area contributed by atoms with Crippen LogP contribution in [0.5, 0.6) is 0 Å². The van der Waals surface area contributed by atoms with E-state index in [1.54, 1.807) is 0 Å². The number of carboxylic acids is 1. The van der Waals surface area contributed by atoms with Crippen LogP contribution >= 0.6 is 23.4 Å². The van der Waals surface area contributed by atoms with Gasteiger partial charge >= 0.3 is 5.97 Å². The molecule has 0 aromatic heterocycles. The Bertz CT molecular complexity index is 211. The van der Waals surface area contributed by atoms with Crippen LogP contribution < -0.4 is 0 Å². The number of halogens is 1. The number of nitrogens with zero attached hydrogens (tertiary/aromatic N) is 1. The Hall–Kier alpha value is -0.420. The number of carbonyl (C=O) groups is 2. The van der Waals surface area contributed by atoms with Gasteiger partial charge in [-0.3, -0.25) is 4.79 Å². The molecule has 0 aromatic rings. The SMILES string of the molecule is O=C(O)[C@@H]1CSCN1C(=O)CCl. The predicted molar refractivity (Wildman–Crippen MR) is 46.3 cm³/mol. The summed E-state index contributed by atoms with van der Waals surface area (Å²) in [5.41, 5.74) is 0. The van der Waals surface area contributed by atoms with Gasteiger partial charge in [-0.1, -0.05) is 0 Å². The zero-order valence-electron chi connectivity index (χ0n) is 6.20. The molecule has 1 saturated heterocycles. The largest absolute Gasteiger partial charge is 0.480 e. The Kier molecular flexibility index (Phi) is 3.22. The van der Waals surface area contributed by atoms with Crippen molar-refractivity contribution >= 4 is 35.2 Å². The molecule has 1 rings (SSSR count). The molecule has 0 spiro atoms. The molecule has 0 aliphatic carbocycles. The molecule has 1 aliphatic rings. The minimum atomic E-state index is -0.960. The van der Waals surface area contributed by atoms with Crippen molar-refractivity contribution in [1.29, 1.82) is 0 Å². The van der Waals surface area contributed by atoms with E-state index in [1.807, 2.05) is 0 Å². The fourth-order valence-corrected chi connectivity index (χ4v) is 2.30. The van der Waals surface area contributed by atoms with Gasteiger partial charge in [-0.15, -0.1) is 23.4 Å². The van der Waals surface area contributed by atoms with Crippen molar-refractivity contribution in [2.75, 3.05) is 17.5 Å². The first-order chi connectivity index (χ1) is 5.66. The van der Waals surface area contributed by atoms with E-state index in [1.165, 1.54) is 16.7 Å². The predicted octanol–water partition coefficient (Wildman–Crippen LogP) is 0.211. The standard InChI is InChI=1S/C6H8ClNO3S/c7-1-5(9)8-3-12-2-4(8)6(10)11/h4H,1-3H2,(H,10,11)/t4-/m0/s1. The number of thioether (sulfide) groups is 1. The highest BCUT2D eigenvalue weighted by Gasteiger charge is 2.33. The number of hydrogen-bond acceptors (Lipinski definition) is 3. The fraction of sp³-hybridized carbons (Fsp3) is 0.667. The summed E-state index contributed by atoms with van der Waals surface area (Å²) in [5, 5.41) is 8.68. The highest BCUT2D eigenvalue weighted by Crippen LogP contribution is 2.21. The lowest BCUT2D eigenvalue weighted by Gasteiger charge is -2.18. The number of carbonyl (C=O) groups excluding carboxylic acids is 1. The van der Waals surface area contributed by atoms with Gasteiger partial charge in [0.25, 0.3) is 0 Å². The molecule has 12 heavy (non-hydrogen) atoms. The highest BCUT2D eigenvalue weighted by atomic mass is 35.5. The van der Waals surface area contributed by atoms with Gasteiger partial charge in [-0.05, 0) is 0 Å². The molecular weight excluding hydrogens is 202 g/mol. The molecule has 1 aliphatic heterocycles. The first kappa shape index (κ1) is 9.67. The lowest BCUT2D eigenvalue weighted by atomic mass is 10.3. The summed E-state index contributed by atoms with van der Waals surface area (Å²) < 4.78 is 0. The van der Waals surface area contributed by atoms with Crippen LogP contribution in [0.2, 0.25) is 0 Å². The Morgan fingerprint density at radius 3 is 2.83 bits per heavy atom. The molecule has 0 radical (unpaired) electrons. The Balaban J connectivity index is 2.63. The van der Waals surface area contributed by atoms with Gasteiger partial charge in [-0.2, -0.15) is 0 Å². The van der Waals surface area contributed by atoms with Gasteiger partial charge in [-0.25, -0.2) is 4.79 Å². The molecule has 0 unspecified atom stereocenters. The zero-order chi connectivity index (χ0) is 9.14. The number of aliphatic carboxylic acids is 1. The van der Waals surface area contributed by atoms with Crippen molar-refractivity contribution in [2.24, 2.45) is 0 Å². The number of alkyl halides is 1. The van der Waals surface area contributed by atoms with E-state index in [2.05, 4.69) is 0 Å². The minimum absolute atomic E-state index is 0.148. The van der Waals surface area contributed by atoms with E-state index in [-0.39, 0.29) is 11.8 Å². The summed E-state index contributed by atoms with van der Waals surface area (Å²) in [6, 6.07) is -0.693. The van der Waals surface area contributed by atoms with Crippen LogP contribution in [-0.2, 0) is 9.59 Å². The monoisotopic (exact) mass is 209 g/mol. The fourth-order valence-electron chi connectivity index (χ4n) is 0.970. The van der Waals surface area contributed by atoms with Crippen molar-refractivity contribution < 1.29 is 14.7 Å². The van der Waals surface area contributed by atoms with E-state index in [0.29, 0.717) is 11.6 Å². The summed E-state index contributed by atoms with van der Waals surface area (Å²) in [4.78, 5) is 22.9. The smallest absolute Gasteiger partial charge is 0.327 e. The summed E-state index contributed by atoms with van der Waals surface area (Å²) in [7, 11) is 0. The van der Waals surface area contributed by atoms with Crippen LogP contribution in [0.4, 0.5) is 0 Å². The van der Waals surface area contributed by atoms with Crippen molar-refractivity contribution in [3.05, 3.63) is 0 Å². The molecule has 1 atom stereocenters. The van der Waals surface area contributed by atoms with Gasteiger partial charge in [0.2, 0.25) is 5.91 Å². The van der Waals surface area contributed by atoms with Crippen molar-refractivity contribution in [3.8, 4) is 0 Å². The molecule has 1 heterocycles. The van der Waals surface area contributed by atoms with Gasteiger partial charge in [0.15, 0.2) is 0 Å². The average molecular weight is 210 g/mol. The molecule has 0 saturated carbocycles. The maximum atomic E-state index is 11.0. The van der Waals surface area contributed by atoms with Gasteiger partial charge in [0, 0.05) is 5.75 Å². The molecule has 1 fully saturated rings. The third-order valence-corrected chi connectivity index (χ3v) is 2.84. The Labute approximate surface area is 78.9 Å². The van der Waals surface area contributed by atoms with Crippen LogP contribution in [0.1, 0.15) is 0 Å². The summed E-state index contributed by atoms with van der Waals surface area (Å²) >= 11 is 6.74. The van der Waals surface area contributed by atoms with E-state index < -0.39 is 12.0 Å². The number of rotatable bonds is 2. The quantitative estimate of drug-likeness (QED) is 0.661. The molecule has 68 valence electrons. The molecule has 1 amide bonds. The highest BCUT2D eigenvalue weighted by molar-refractivity contribution is 7.99. The number of hydrogen-bond donors (Lipinski definition) is 1. The van der Waals surface area contributed by atoms with Crippen LogP contribution in [0.3, 0.4) is 0 Å². The normalized spacial score (nSPS) is 22.8. The molecule has 4 nitrogen and oxygen atoms in total. The van der Waals surface area contributed by atoms with Crippen molar-refractivity contribution in [3.63, 3.8) is 0 Å². The summed E-state index contributed by atoms with van der Waals surface area (Å²) in [6.45, 7) is 0. The van der Waals surface area contributed by atoms with Crippen LogP contribution in [0.15, 0.2) is 0 Å². The topological polar surface area (TPSA) is 57.6 Å². The summed E-state index contributed by atoms with van der Waals surface area (Å²) in [5.74, 6) is -0.530. The second kappa shape index (κ2) is 4.00. The van der Waals surface area contributed by atoms with Crippen LogP contribution in [-0.4, -0.2) is 45.4 Å². The molecule has 1 N–H and O–H groups in total. The first-order valence-corrected chi connectivity index (χ1v) is 5.01. The number of carboxylic acid groups (broad SMARTS) is 1. The van der Waals surface area contributed by atoms with E-state index in [0.717, 1.165) is 0 Å². The van der Waals surface area contributed by atoms with Crippen molar-refractivity contribution in [1.82, 2.24) is 4.90 Å². The summed E-state index contributed by atoms with van der Waals surface area (Å²) in [6.07, 6.45) is 0. The van der Waals surface area contributed by atoms with Gasteiger partial charge in [0.05, 0.1) is 5.88 Å². The number of amides is 1. The van der Waals surface area contributed by atoms with Crippen molar-refractivity contribution in [2.45, 2.75) is 6.04 Å². The lowest BCUT2D eigenvalue weighted by molar-refractivity contribution is -0.146. The van der Waals surface area contributed by atoms with E-state index >= 15 is 0 Å². The second-order valence-electron chi connectivity index (χ2n) is 2.35. The Morgan fingerprint density at radius 1 is 1.67 bits per heavy atom. The minimum Gasteiger partial charge on any atom is -0.480 e. The lowest BCUT2D eigenvalue weighted by Crippen LogP contribution is -2.42. The Morgan fingerprint density at radius 2 is 2.33 bits per heavy atom. The van der Waals surface area contributed by atoms with Crippen LogP contribution in [0, 0.1) is 0 Å². The second-order valence-corrected chi connectivity index (χ2v) is 3.62. The van der Waals surface area contributed by atoms with E-state index in [9.17, 15) is 9.59 Å².